The van der Waals surface area contributed by atoms with Gasteiger partial charge >= 0.3 is 6.03 Å². The maximum atomic E-state index is 12.5. The molecule has 24 heavy (non-hydrogen) atoms. The van der Waals surface area contributed by atoms with Gasteiger partial charge in [-0.15, -0.1) is 0 Å². The summed E-state index contributed by atoms with van der Waals surface area (Å²) in [5.74, 6) is 1.44. The Bertz CT molecular complexity index is 523. The Hall–Kier alpha value is -1.75. The van der Waals surface area contributed by atoms with Gasteiger partial charge in [-0.1, -0.05) is 26.0 Å². The summed E-state index contributed by atoms with van der Waals surface area (Å²) in [6.45, 7) is 13.0. The number of urea groups is 1. The molecule has 1 aromatic carbocycles. The standard InChI is InChI=1S/C19H31N3O2/c1-15(2)9-10-21-11-13-22(14-12-21)19(23)20-17-7-5-6-8-18(17)24-16(3)4/h5-8,15-16H,9-14H2,1-4H3,(H,20,23). The minimum Gasteiger partial charge on any atom is -0.489 e. The fourth-order valence-electron chi connectivity index (χ4n) is 2.74. The van der Waals surface area contributed by atoms with Crippen LogP contribution in [0.1, 0.15) is 34.1 Å². The molecule has 0 unspecified atom stereocenters. The number of amides is 2. The van der Waals surface area contributed by atoms with Crippen molar-refractivity contribution in [3.05, 3.63) is 24.3 Å². The molecule has 0 radical (unpaired) electrons. The highest BCUT2D eigenvalue weighted by Crippen LogP contribution is 2.25. The molecular weight excluding hydrogens is 302 g/mol. The summed E-state index contributed by atoms with van der Waals surface area (Å²) >= 11 is 0. The van der Waals surface area contributed by atoms with Gasteiger partial charge in [0.2, 0.25) is 0 Å². The maximum Gasteiger partial charge on any atom is 0.322 e. The number of anilines is 1. The molecule has 1 heterocycles. The van der Waals surface area contributed by atoms with Crippen LogP contribution in [-0.2, 0) is 0 Å². The highest BCUT2D eigenvalue weighted by atomic mass is 16.5. The number of nitrogens with zero attached hydrogens (tertiary/aromatic N) is 2. The molecule has 5 heteroatoms. The Morgan fingerprint density at radius 3 is 2.42 bits per heavy atom. The molecule has 2 rings (SSSR count). The van der Waals surface area contributed by atoms with Gasteiger partial charge in [-0.25, -0.2) is 4.79 Å². The molecule has 1 N–H and O–H groups in total. The van der Waals surface area contributed by atoms with Crippen molar-refractivity contribution in [3.63, 3.8) is 0 Å². The van der Waals surface area contributed by atoms with Gasteiger partial charge in [0, 0.05) is 26.2 Å². The Balaban J connectivity index is 1.86. The maximum absolute atomic E-state index is 12.5. The number of hydrogen-bond donors (Lipinski definition) is 1. The number of benzene rings is 1. The summed E-state index contributed by atoms with van der Waals surface area (Å²) in [5.41, 5.74) is 0.735. The predicted molar refractivity (Wildman–Crippen MR) is 98.7 cm³/mol. The van der Waals surface area contributed by atoms with Gasteiger partial charge in [0.25, 0.3) is 0 Å². The lowest BCUT2D eigenvalue weighted by Gasteiger charge is -2.35. The van der Waals surface area contributed by atoms with Crippen LogP contribution in [0, 0.1) is 5.92 Å². The Morgan fingerprint density at radius 1 is 1.12 bits per heavy atom. The van der Waals surface area contributed by atoms with Gasteiger partial charge in [-0.3, -0.25) is 4.90 Å². The largest absolute Gasteiger partial charge is 0.489 e. The number of para-hydroxylation sites is 2. The number of ether oxygens (including phenoxy) is 1. The van der Waals surface area contributed by atoms with E-state index in [1.165, 1.54) is 6.42 Å². The van der Waals surface area contributed by atoms with Crippen LogP contribution in [0.25, 0.3) is 0 Å². The molecule has 0 spiro atoms. The molecule has 1 saturated heterocycles. The van der Waals surface area contributed by atoms with Crippen molar-refractivity contribution in [2.24, 2.45) is 5.92 Å². The first kappa shape index (κ1) is 18.6. The zero-order valence-corrected chi connectivity index (χ0v) is 15.4. The second kappa shape index (κ2) is 8.92. The van der Waals surface area contributed by atoms with Crippen molar-refractivity contribution in [1.29, 1.82) is 0 Å². The van der Waals surface area contributed by atoms with Crippen LogP contribution in [0.15, 0.2) is 24.3 Å². The van der Waals surface area contributed by atoms with Crippen LogP contribution < -0.4 is 10.1 Å². The third-order valence-electron chi connectivity index (χ3n) is 4.17. The highest BCUT2D eigenvalue weighted by Gasteiger charge is 2.21. The molecule has 134 valence electrons. The zero-order valence-electron chi connectivity index (χ0n) is 15.4. The van der Waals surface area contributed by atoms with Gasteiger partial charge in [-0.2, -0.15) is 0 Å². The first-order valence-corrected chi connectivity index (χ1v) is 8.99. The van der Waals surface area contributed by atoms with E-state index < -0.39 is 0 Å². The van der Waals surface area contributed by atoms with Crippen LogP contribution >= 0.6 is 0 Å². The molecule has 0 saturated carbocycles. The summed E-state index contributed by atoms with van der Waals surface area (Å²) < 4.78 is 5.76. The molecule has 1 fully saturated rings. The Morgan fingerprint density at radius 2 is 1.79 bits per heavy atom. The molecule has 2 amide bonds. The smallest absolute Gasteiger partial charge is 0.322 e. The average molecular weight is 333 g/mol. The minimum absolute atomic E-state index is 0.0432. The topological polar surface area (TPSA) is 44.8 Å². The zero-order chi connectivity index (χ0) is 17.5. The van der Waals surface area contributed by atoms with Gasteiger partial charge in [-0.05, 0) is 44.9 Å². The summed E-state index contributed by atoms with van der Waals surface area (Å²) in [6.07, 6.45) is 1.29. The van der Waals surface area contributed by atoms with Crippen molar-refractivity contribution >= 4 is 11.7 Å². The highest BCUT2D eigenvalue weighted by molar-refractivity contribution is 5.91. The Labute approximate surface area is 146 Å². The fraction of sp³-hybridized carbons (Fsp3) is 0.632. The van der Waals surface area contributed by atoms with E-state index in [0.717, 1.165) is 50.1 Å². The number of nitrogens with one attached hydrogen (secondary N) is 1. The van der Waals surface area contributed by atoms with Gasteiger partial charge in [0.05, 0.1) is 11.8 Å². The second-order valence-corrected chi connectivity index (χ2v) is 7.10. The van der Waals surface area contributed by atoms with Crippen LogP contribution in [0.2, 0.25) is 0 Å². The van der Waals surface area contributed by atoms with Gasteiger partial charge in [0.1, 0.15) is 5.75 Å². The second-order valence-electron chi connectivity index (χ2n) is 7.10. The molecule has 1 aliphatic rings. The number of carbonyl (C=O) groups excluding carboxylic acids is 1. The first-order chi connectivity index (χ1) is 11.5. The van der Waals surface area contributed by atoms with E-state index >= 15 is 0 Å². The number of hydrogen-bond acceptors (Lipinski definition) is 3. The lowest BCUT2D eigenvalue weighted by Crippen LogP contribution is -2.50. The van der Waals surface area contributed by atoms with E-state index in [1.807, 2.05) is 43.0 Å². The van der Waals surface area contributed by atoms with Crippen LogP contribution in [0.3, 0.4) is 0 Å². The molecule has 0 aliphatic carbocycles. The fourth-order valence-corrected chi connectivity index (χ4v) is 2.74. The number of rotatable bonds is 6. The number of carbonyl (C=O) groups is 1. The molecule has 0 bridgehead atoms. The predicted octanol–water partition coefficient (Wildman–Crippen LogP) is 3.67. The van der Waals surface area contributed by atoms with E-state index in [-0.39, 0.29) is 12.1 Å². The summed E-state index contributed by atoms with van der Waals surface area (Å²) in [7, 11) is 0. The van der Waals surface area contributed by atoms with Crippen LogP contribution in [0.5, 0.6) is 5.75 Å². The minimum atomic E-state index is -0.0432. The summed E-state index contributed by atoms with van der Waals surface area (Å²) in [5, 5.41) is 2.99. The van der Waals surface area contributed by atoms with Crippen molar-refractivity contribution < 1.29 is 9.53 Å². The lowest BCUT2D eigenvalue weighted by molar-refractivity contribution is 0.143. The van der Waals surface area contributed by atoms with Gasteiger partial charge in [0.15, 0.2) is 0 Å². The van der Waals surface area contributed by atoms with Crippen molar-refractivity contribution in [1.82, 2.24) is 9.80 Å². The molecule has 1 aliphatic heterocycles. The number of piperazine rings is 1. The first-order valence-electron chi connectivity index (χ1n) is 8.99. The Kier molecular flexibility index (Phi) is 6.91. The molecular formula is C19H31N3O2. The van der Waals surface area contributed by atoms with E-state index in [4.69, 9.17) is 4.74 Å². The van der Waals surface area contributed by atoms with Gasteiger partial charge < -0.3 is 15.0 Å². The van der Waals surface area contributed by atoms with E-state index in [9.17, 15) is 4.79 Å². The third kappa shape index (κ3) is 5.71. The summed E-state index contributed by atoms with van der Waals surface area (Å²) in [6, 6.07) is 7.56. The van der Waals surface area contributed by atoms with E-state index in [2.05, 4.69) is 24.1 Å². The van der Waals surface area contributed by atoms with E-state index in [1.54, 1.807) is 0 Å². The van der Waals surface area contributed by atoms with Crippen molar-refractivity contribution in [3.8, 4) is 5.75 Å². The molecule has 5 nitrogen and oxygen atoms in total. The normalized spacial score (nSPS) is 15.8. The molecule has 1 aromatic rings. The van der Waals surface area contributed by atoms with Crippen molar-refractivity contribution in [2.75, 3.05) is 38.0 Å². The average Bonchev–Trinajstić information content (AvgIpc) is 2.54. The van der Waals surface area contributed by atoms with Crippen LogP contribution in [0.4, 0.5) is 10.5 Å². The SMILES string of the molecule is CC(C)CCN1CCN(C(=O)Nc2ccccc2OC(C)C)CC1. The lowest BCUT2D eigenvalue weighted by atomic mass is 10.1. The molecule has 0 aromatic heterocycles. The van der Waals surface area contributed by atoms with Crippen LogP contribution in [-0.4, -0.2) is 54.7 Å². The third-order valence-corrected chi connectivity index (χ3v) is 4.17. The monoisotopic (exact) mass is 333 g/mol. The summed E-state index contributed by atoms with van der Waals surface area (Å²) in [4.78, 5) is 16.9. The molecule has 0 atom stereocenters. The quantitative estimate of drug-likeness (QED) is 0.864. The van der Waals surface area contributed by atoms with Crippen molar-refractivity contribution in [2.45, 2.75) is 40.2 Å². The van der Waals surface area contributed by atoms with E-state index in [0.29, 0.717) is 0 Å².